The zero-order chi connectivity index (χ0) is 24.3. The third-order valence-corrected chi connectivity index (χ3v) is 6.85. The van der Waals surface area contributed by atoms with Crippen LogP contribution >= 0.6 is 0 Å². The second-order valence-corrected chi connectivity index (χ2v) is 9.43. The first kappa shape index (κ1) is 26.1. The highest BCUT2D eigenvalue weighted by Gasteiger charge is 2.25. The van der Waals surface area contributed by atoms with Crippen LogP contribution in [0.2, 0.25) is 0 Å². The molecule has 0 bridgehead atoms. The van der Waals surface area contributed by atoms with Crippen molar-refractivity contribution in [3.63, 3.8) is 0 Å². The number of ether oxygens (including phenoxy) is 3. The van der Waals surface area contributed by atoms with Gasteiger partial charge in [0.1, 0.15) is 6.61 Å². The first-order valence-electron chi connectivity index (χ1n) is 12.7. The van der Waals surface area contributed by atoms with Crippen LogP contribution in [0.15, 0.2) is 24.3 Å². The number of carbonyl (C=O) groups excluding carboxylic acids is 2. The minimum atomic E-state index is -0.0709. The van der Waals surface area contributed by atoms with Gasteiger partial charge in [-0.1, -0.05) is 13.0 Å². The molecule has 1 heterocycles. The maximum atomic E-state index is 12.3. The topological polar surface area (TPSA) is 77.1 Å². The van der Waals surface area contributed by atoms with Crippen molar-refractivity contribution in [1.82, 2.24) is 10.2 Å². The number of hydrogen-bond donors (Lipinski definition) is 1. The lowest BCUT2D eigenvalue weighted by Crippen LogP contribution is -2.39. The molecule has 188 valence electrons. The van der Waals surface area contributed by atoms with Crippen molar-refractivity contribution in [2.75, 3.05) is 40.0 Å². The highest BCUT2D eigenvalue weighted by atomic mass is 16.5. The van der Waals surface area contributed by atoms with Crippen LogP contribution in [-0.2, 0) is 14.3 Å². The molecule has 0 aromatic heterocycles. The van der Waals surface area contributed by atoms with Crippen molar-refractivity contribution in [2.45, 2.75) is 58.4 Å². The molecule has 0 radical (unpaired) electrons. The van der Waals surface area contributed by atoms with Gasteiger partial charge in [-0.15, -0.1) is 0 Å². The lowest BCUT2D eigenvalue weighted by atomic mass is 9.87. The molecule has 34 heavy (non-hydrogen) atoms. The van der Waals surface area contributed by atoms with Crippen LogP contribution in [-0.4, -0.2) is 62.8 Å². The SMILES string of the molecule is CCOC(=O)C1CCN(CCOc2ccc(/C=C/C(=O)N[C@H]3CC[C@H](C)CC3)cc2OC)CC1. The summed E-state index contributed by atoms with van der Waals surface area (Å²) in [4.78, 5) is 26.5. The van der Waals surface area contributed by atoms with Gasteiger partial charge in [0.2, 0.25) is 5.91 Å². The van der Waals surface area contributed by atoms with E-state index in [0.717, 1.165) is 56.8 Å². The summed E-state index contributed by atoms with van der Waals surface area (Å²) in [6, 6.07) is 5.97. The molecular weight excluding hydrogens is 432 g/mol. The van der Waals surface area contributed by atoms with Gasteiger partial charge in [0.15, 0.2) is 11.5 Å². The van der Waals surface area contributed by atoms with Crippen molar-refractivity contribution in [3.8, 4) is 11.5 Å². The number of carbonyl (C=O) groups is 2. The minimum absolute atomic E-state index is 0.0197. The fourth-order valence-electron chi connectivity index (χ4n) is 4.67. The van der Waals surface area contributed by atoms with Crippen molar-refractivity contribution >= 4 is 18.0 Å². The van der Waals surface area contributed by atoms with Gasteiger partial charge in [-0.3, -0.25) is 14.5 Å². The van der Waals surface area contributed by atoms with E-state index in [1.807, 2.05) is 25.1 Å². The standard InChI is InChI=1S/C27H40N2O5/c1-4-33-27(31)22-13-15-29(16-14-22)17-18-34-24-11-7-21(19-25(24)32-3)8-12-26(30)28-23-9-5-20(2)6-10-23/h7-8,11-12,19-20,22-23H,4-6,9-10,13-18H2,1-3H3,(H,28,30)/b12-8+/t20-,23-. The van der Waals surface area contributed by atoms with E-state index in [0.29, 0.717) is 24.7 Å². The van der Waals surface area contributed by atoms with E-state index in [4.69, 9.17) is 14.2 Å². The van der Waals surface area contributed by atoms with E-state index in [1.165, 1.54) is 12.8 Å². The van der Waals surface area contributed by atoms with Gasteiger partial charge in [0.25, 0.3) is 0 Å². The quantitative estimate of drug-likeness (QED) is 0.409. The molecule has 1 aliphatic carbocycles. The number of esters is 1. The number of nitrogens with zero attached hydrogens (tertiary/aromatic N) is 1. The van der Waals surface area contributed by atoms with E-state index in [-0.39, 0.29) is 23.8 Å². The first-order chi connectivity index (χ1) is 16.5. The summed E-state index contributed by atoms with van der Waals surface area (Å²) >= 11 is 0. The summed E-state index contributed by atoms with van der Waals surface area (Å²) in [5.41, 5.74) is 0.887. The molecule has 7 heteroatoms. The van der Waals surface area contributed by atoms with E-state index < -0.39 is 0 Å². The summed E-state index contributed by atoms with van der Waals surface area (Å²) in [5.74, 6) is 1.99. The summed E-state index contributed by atoms with van der Waals surface area (Å²) in [6.07, 6.45) is 9.54. The molecule has 0 atom stereocenters. The van der Waals surface area contributed by atoms with Gasteiger partial charge in [0, 0.05) is 18.7 Å². The molecule has 7 nitrogen and oxygen atoms in total. The van der Waals surface area contributed by atoms with Crippen molar-refractivity contribution < 1.29 is 23.8 Å². The smallest absolute Gasteiger partial charge is 0.309 e. The minimum Gasteiger partial charge on any atom is -0.493 e. The molecule has 1 saturated carbocycles. The summed E-state index contributed by atoms with van der Waals surface area (Å²) in [7, 11) is 1.62. The van der Waals surface area contributed by atoms with Crippen LogP contribution in [0, 0.1) is 11.8 Å². The molecule has 0 unspecified atom stereocenters. The Morgan fingerprint density at radius 2 is 1.82 bits per heavy atom. The van der Waals surface area contributed by atoms with Gasteiger partial charge in [-0.25, -0.2) is 0 Å². The summed E-state index contributed by atoms with van der Waals surface area (Å²) < 4.78 is 16.6. The van der Waals surface area contributed by atoms with Gasteiger partial charge >= 0.3 is 5.97 Å². The molecule has 1 saturated heterocycles. The number of hydrogen-bond acceptors (Lipinski definition) is 6. The molecule has 2 fully saturated rings. The predicted molar refractivity (Wildman–Crippen MR) is 133 cm³/mol. The average molecular weight is 473 g/mol. The molecule has 1 aliphatic heterocycles. The molecule has 3 rings (SSSR count). The third-order valence-electron chi connectivity index (χ3n) is 6.85. The lowest BCUT2D eigenvalue weighted by Gasteiger charge is -2.30. The number of piperidine rings is 1. The zero-order valence-corrected chi connectivity index (χ0v) is 20.9. The summed E-state index contributed by atoms with van der Waals surface area (Å²) in [6.45, 7) is 7.63. The molecule has 1 aromatic rings. The summed E-state index contributed by atoms with van der Waals surface area (Å²) in [5, 5.41) is 3.11. The fourth-order valence-corrected chi connectivity index (χ4v) is 4.67. The van der Waals surface area contributed by atoms with Crippen molar-refractivity contribution in [2.24, 2.45) is 11.8 Å². The lowest BCUT2D eigenvalue weighted by molar-refractivity contribution is -0.149. The molecule has 1 aromatic carbocycles. The van der Waals surface area contributed by atoms with Crippen LogP contribution in [0.1, 0.15) is 57.9 Å². The highest BCUT2D eigenvalue weighted by molar-refractivity contribution is 5.92. The Morgan fingerprint density at radius 1 is 1.09 bits per heavy atom. The van der Waals surface area contributed by atoms with Gasteiger partial charge in [-0.2, -0.15) is 0 Å². The van der Waals surface area contributed by atoms with Crippen LogP contribution in [0.25, 0.3) is 6.08 Å². The Kier molecular flexibility index (Phi) is 10.3. The van der Waals surface area contributed by atoms with Gasteiger partial charge in [0.05, 0.1) is 19.6 Å². The van der Waals surface area contributed by atoms with Crippen LogP contribution < -0.4 is 14.8 Å². The Labute approximate surface area is 203 Å². The number of methoxy groups -OCH3 is 1. The third kappa shape index (κ3) is 8.05. The van der Waals surface area contributed by atoms with Gasteiger partial charge < -0.3 is 19.5 Å². The first-order valence-corrected chi connectivity index (χ1v) is 12.7. The number of amides is 1. The average Bonchev–Trinajstić information content (AvgIpc) is 2.85. The van der Waals surface area contributed by atoms with Crippen molar-refractivity contribution in [1.29, 1.82) is 0 Å². The van der Waals surface area contributed by atoms with Crippen LogP contribution in [0.3, 0.4) is 0 Å². The highest BCUT2D eigenvalue weighted by Crippen LogP contribution is 2.29. The molecular formula is C27H40N2O5. The Hall–Kier alpha value is -2.54. The maximum Gasteiger partial charge on any atom is 0.309 e. The Bertz CT molecular complexity index is 824. The van der Waals surface area contributed by atoms with Crippen molar-refractivity contribution in [3.05, 3.63) is 29.8 Å². The fraction of sp³-hybridized carbons (Fsp3) is 0.630. The Balaban J connectivity index is 1.42. The zero-order valence-electron chi connectivity index (χ0n) is 20.9. The molecule has 0 spiro atoms. The number of likely N-dealkylation sites (tertiary alicyclic amines) is 1. The monoisotopic (exact) mass is 472 g/mol. The van der Waals surface area contributed by atoms with Crippen LogP contribution in [0.4, 0.5) is 0 Å². The second-order valence-electron chi connectivity index (χ2n) is 9.43. The van der Waals surface area contributed by atoms with Gasteiger partial charge in [-0.05, 0) is 88.2 Å². The molecule has 1 N–H and O–H groups in total. The predicted octanol–water partition coefficient (Wildman–Crippen LogP) is 4.06. The van der Waals surface area contributed by atoms with E-state index in [1.54, 1.807) is 19.3 Å². The maximum absolute atomic E-state index is 12.3. The second kappa shape index (κ2) is 13.4. The molecule has 1 amide bonds. The van der Waals surface area contributed by atoms with E-state index >= 15 is 0 Å². The number of rotatable bonds is 10. The number of benzene rings is 1. The molecule has 2 aliphatic rings. The van der Waals surface area contributed by atoms with Crippen LogP contribution in [0.5, 0.6) is 11.5 Å². The number of nitrogens with one attached hydrogen (secondary N) is 1. The van der Waals surface area contributed by atoms with E-state index in [9.17, 15) is 9.59 Å². The van der Waals surface area contributed by atoms with E-state index in [2.05, 4.69) is 17.1 Å². The Morgan fingerprint density at radius 3 is 2.50 bits per heavy atom. The largest absolute Gasteiger partial charge is 0.493 e. The normalized spacial score (nSPS) is 21.9.